The van der Waals surface area contributed by atoms with Crippen molar-refractivity contribution in [3.8, 4) is 5.75 Å². The van der Waals surface area contributed by atoms with Gasteiger partial charge < -0.3 is 9.47 Å². The molecule has 0 aromatic heterocycles. The van der Waals surface area contributed by atoms with E-state index in [9.17, 15) is 9.59 Å². The molecule has 0 saturated carbocycles. The Kier molecular flexibility index (Phi) is 3.65. The van der Waals surface area contributed by atoms with E-state index in [1.807, 2.05) is 13.0 Å². The zero-order valence-electron chi connectivity index (χ0n) is 10.6. The van der Waals surface area contributed by atoms with Crippen molar-refractivity contribution in [1.29, 1.82) is 0 Å². The minimum Gasteiger partial charge on any atom is -0.493 e. The first-order valence-corrected chi connectivity index (χ1v) is 6.08. The maximum Gasteiger partial charge on any atom is 0.316 e. The Bertz CT molecular complexity index is 479. The van der Waals surface area contributed by atoms with Crippen LogP contribution in [-0.2, 0) is 9.53 Å². The number of ether oxygens (including phenoxy) is 2. The maximum absolute atomic E-state index is 12.3. The molecule has 1 atom stereocenters. The molecule has 18 heavy (non-hydrogen) atoms. The van der Waals surface area contributed by atoms with Crippen LogP contribution in [0, 0.1) is 12.8 Å². The van der Waals surface area contributed by atoms with Gasteiger partial charge in [-0.15, -0.1) is 0 Å². The molecule has 1 aliphatic heterocycles. The fourth-order valence-electron chi connectivity index (χ4n) is 2.10. The van der Waals surface area contributed by atoms with E-state index in [0.717, 1.165) is 5.56 Å². The quantitative estimate of drug-likeness (QED) is 0.594. The van der Waals surface area contributed by atoms with Gasteiger partial charge in [-0.3, -0.25) is 9.59 Å². The van der Waals surface area contributed by atoms with E-state index in [4.69, 9.17) is 9.47 Å². The number of fused-ring (bicyclic) bond motifs is 1. The minimum absolute atomic E-state index is 0.204. The third-order valence-electron chi connectivity index (χ3n) is 3.02. The molecule has 96 valence electrons. The first-order chi connectivity index (χ1) is 8.65. The lowest BCUT2D eigenvalue weighted by atomic mass is 9.94. The second kappa shape index (κ2) is 5.21. The first-order valence-electron chi connectivity index (χ1n) is 6.08. The van der Waals surface area contributed by atoms with Crippen LogP contribution in [0.4, 0.5) is 0 Å². The molecular weight excluding hydrogens is 232 g/mol. The fraction of sp³-hybridized carbons (Fsp3) is 0.429. The van der Waals surface area contributed by atoms with Crippen molar-refractivity contribution >= 4 is 11.8 Å². The smallest absolute Gasteiger partial charge is 0.316 e. The van der Waals surface area contributed by atoms with Crippen molar-refractivity contribution in [2.24, 2.45) is 5.92 Å². The van der Waals surface area contributed by atoms with Gasteiger partial charge in [-0.2, -0.15) is 0 Å². The van der Waals surface area contributed by atoms with Gasteiger partial charge in [0, 0.05) is 6.42 Å². The van der Waals surface area contributed by atoms with E-state index < -0.39 is 11.9 Å². The Labute approximate surface area is 106 Å². The van der Waals surface area contributed by atoms with Crippen LogP contribution in [0.25, 0.3) is 0 Å². The predicted molar refractivity (Wildman–Crippen MR) is 65.7 cm³/mol. The predicted octanol–water partition coefficient (Wildman–Crippen LogP) is 2.14. The van der Waals surface area contributed by atoms with Gasteiger partial charge in [-0.25, -0.2) is 0 Å². The molecule has 0 spiro atoms. The largest absolute Gasteiger partial charge is 0.493 e. The highest BCUT2D eigenvalue weighted by Crippen LogP contribution is 2.30. The monoisotopic (exact) mass is 248 g/mol. The Morgan fingerprint density at radius 3 is 3.00 bits per heavy atom. The molecule has 1 heterocycles. The van der Waals surface area contributed by atoms with Gasteiger partial charge in [-0.05, 0) is 25.5 Å². The highest BCUT2D eigenvalue weighted by molar-refractivity contribution is 6.10. The van der Waals surface area contributed by atoms with Crippen LogP contribution in [0.2, 0.25) is 0 Å². The summed E-state index contributed by atoms with van der Waals surface area (Å²) in [6, 6.07) is 5.38. The number of benzene rings is 1. The van der Waals surface area contributed by atoms with E-state index >= 15 is 0 Å². The molecule has 0 N–H and O–H groups in total. The van der Waals surface area contributed by atoms with Crippen molar-refractivity contribution in [2.75, 3.05) is 13.2 Å². The lowest BCUT2D eigenvalue weighted by Gasteiger charge is -2.11. The van der Waals surface area contributed by atoms with Crippen LogP contribution >= 0.6 is 0 Å². The molecule has 1 aliphatic rings. The molecule has 0 fully saturated rings. The zero-order chi connectivity index (χ0) is 13.1. The van der Waals surface area contributed by atoms with Gasteiger partial charge in [0.05, 0.1) is 18.8 Å². The van der Waals surface area contributed by atoms with Crippen LogP contribution in [0.1, 0.15) is 29.3 Å². The van der Waals surface area contributed by atoms with E-state index in [1.165, 1.54) is 0 Å². The SMILES string of the molecule is CCOC(=O)C1CCOc2c(C)cccc2C1=O. The number of hydrogen-bond donors (Lipinski definition) is 0. The third kappa shape index (κ3) is 2.23. The molecule has 1 aromatic rings. The molecule has 1 aromatic carbocycles. The number of ketones is 1. The Hall–Kier alpha value is -1.84. The highest BCUT2D eigenvalue weighted by Gasteiger charge is 2.33. The zero-order valence-corrected chi connectivity index (χ0v) is 10.6. The van der Waals surface area contributed by atoms with Crippen LogP contribution in [0.5, 0.6) is 5.75 Å². The number of carbonyl (C=O) groups excluding carboxylic acids is 2. The number of Topliss-reactive ketones (excluding diaryl/α,β-unsaturated/α-hetero) is 1. The Morgan fingerprint density at radius 2 is 2.28 bits per heavy atom. The molecule has 0 saturated heterocycles. The second-order valence-electron chi connectivity index (χ2n) is 4.26. The van der Waals surface area contributed by atoms with Crippen LogP contribution in [0.3, 0.4) is 0 Å². The molecule has 4 nitrogen and oxygen atoms in total. The van der Waals surface area contributed by atoms with Crippen molar-refractivity contribution in [3.05, 3.63) is 29.3 Å². The molecular formula is C14H16O4. The summed E-state index contributed by atoms with van der Waals surface area (Å²) in [5.41, 5.74) is 1.39. The lowest BCUT2D eigenvalue weighted by molar-refractivity contribution is -0.146. The molecule has 4 heteroatoms. The van der Waals surface area contributed by atoms with Gasteiger partial charge in [0.25, 0.3) is 0 Å². The highest BCUT2D eigenvalue weighted by atomic mass is 16.5. The maximum atomic E-state index is 12.3. The minimum atomic E-state index is -0.743. The Morgan fingerprint density at radius 1 is 1.50 bits per heavy atom. The molecule has 1 unspecified atom stereocenters. The summed E-state index contributed by atoms with van der Waals surface area (Å²) in [5.74, 6) is -0.813. The van der Waals surface area contributed by atoms with Crippen LogP contribution < -0.4 is 4.74 Å². The summed E-state index contributed by atoms with van der Waals surface area (Å²) in [4.78, 5) is 24.1. The van der Waals surface area contributed by atoms with Crippen molar-refractivity contribution in [3.63, 3.8) is 0 Å². The van der Waals surface area contributed by atoms with Gasteiger partial charge >= 0.3 is 5.97 Å². The number of rotatable bonds is 2. The third-order valence-corrected chi connectivity index (χ3v) is 3.02. The van der Waals surface area contributed by atoms with Crippen LogP contribution in [0.15, 0.2) is 18.2 Å². The van der Waals surface area contributed by atoms with Gasteiger partial charge in [0.15, 0.2) is 5.78 Å². The summed E-state index contributed by atoms with van der Waals surface area (Å²) in [6.45, 7) is 4.25. The Balaban J connectivity index is 2.35. The molecule has 0 radical (unpaired) electrons. The molecule has 0 amide bonds. The summed E-state index contributed by atoms with van der Waals surface area (Å²) in [7, 11) is 0. The summed E-state index contributed by atoms with van der Waals surface area (Å²) in [5, 5.41) is 0. The standard InChI is InChI=1S/C14H16O4/c1-3-17-14(16)11-7-8-18-13-9(2)5-4-6-10(13)12(11)15/h4-6,11H,3,7-8H2,1-2H3. The van der Waals surface area contributed by atoms with Crippen LogP contribution in [-0.4, -0.2) is 25.0 Å². The number of carbonyl (C=O) groups is 2. The topological polar surface area (TPSA) is 52.6 Å². The van der Waals surface area contributed by atoms with Gasteiger partial charge in [-0.1, -0.05) is 12.1 Å². The molecule has 0 bridgehead atoms. The summed E-state index contributed by atoms with van der Waals surface area (Å²) < 4.78 is 10.5. The van der Waals surface area contributed by atoms with Crippen molar-refractivity contribution in [1.82, 2.24) is 0 Å². The fourth-order valence-corrected chi connectivity index (χ4v) is 2.10. The average Bonchev–Trinajstić information content (AvgIpc) is 2.51. The number of hydrogen-bond acceptors (Lipinski definition) is 4. The first kappa shape index (κ1) is 12.6. The van der Waals surface area contributed by atoms with Gasteiger partial charge in [0.2, 0.25) is 0 Å². The second-order valence-corrected chi connectivity index (χ2v) is 4.26. The molecule has 2 rings (SSSR count). The lowest BCUT2D eigenvalue weighted by Crippen LogP contribution is -2.26. The number of para-hydroxylation sites is 1. The van der Waals surface area contributed by atoms with Gasteiger partial charge in [0.1, 0.15) is 11.7 Å². The summed E-state index contributed by atoms with van der Waals surface area (Å²) >= 11 is 0. The van der Waals surface area contributed by atoms with E-state index in [-0.39, 0.29) is 12.4 Å². The van der Waals surface area contributed by atoms with Crippen molar-refractivity contribution in [2.45, 2.75) is 20.3 Å². The summed E-state index contributed by atoms with van der Waals surface area (Å²) in [6.07, 6.45) is 0.367. The average molecular weight is 248 g/mol. The van der Waals surface area contributed by atoms with E-state index in [1.54, 1.807) is 19.1 Å². The van der Waals surface area contributed by atoms with Crippen molar-refractivity contribution < 1.29 is 19.1 Å². The van der Waals surface area contributed by atoms with E-state index in [0.29, 0.717) is 24.3 Å². The normalized spacial score (nSPS) is 18.6. The van der Waals surface area contributed by atoms with E-state index in [2.05, 4.69) is 0 Å². The molecule has 0 aliphatic carbocycles. The number of esters is 1. The number of aryl methyl sites for hydroxylation is 1.